The Morgan fingerprint density at radius 3 is 2.86 bits per heavy atom. The van der Waals surface area contributed by atoms with Gasteiger partial charge in [0.05, 0.1) is 17.1 Å². The lowest BCUT2D eigenvalue weighted by molar-refractivity contribution is 1.41. The summed E-state index contributed by atoms with van der Waals surface area (Å²) in [7, 11) is 0. The number of rotatable bonds is 2. The summed E-state index contributed by atoms with van der Waals surface area (Å²) in [6, 6.07) is 7.89. The van der Waals surface area contributed by atoms with Crippen LogP contribution in [0, 0.1) is 6.92 Å². The maximum Gasteiger partial charge on any atom is 0.0620 e. The number of hydrogen-bond acceptors (Lipinski definition) is 2. The third-order valence-corrected chi connectivity index (χ3v) is 2.09. The van der Waals surface area contributed by atoms with Crippen molar-refractivity contribution in [1.82, 2.24) is 4.98 Å². The maximum absolute atomic E-state index is 5.83. The van der Waals surface area contributed by atoms with Crippen LogP contribution in [0.5, 0.6) is 0 Å². The monoisotopic (exact) mass is 187 g/mol. The molecule has 0 spiro atoms. The molecule has 2 aromatic rings. The first-order valence-electron chi connectivity index (χ1n) is 4.51. The lowest BCUT2D eigenvalue weighted by Crippen LogP contribution is -1.95. The molecule has 0 amide bonds. The zero-order chi connectivity index (χ0) is 9.97. The topological polar surface area (TPSA) is 53.8 Å². The highest BCUT2D eigenvalue weighted by molar-refractivity contribution is 5.72. The molecule has 14 heavy (non-hydrogen) atoms. The molecule has 0 saturated heterocycles. The van der Waals surface area contributed by atoms with Gasteiger partial charge in [0.1, 0.15) is 0 Å². The number of nitrogen functional groups attached to an aromatic ring is 1. The van der Waals surface area contributed by atoms with Crippen LogP contribution in [0.3, 0.4) is 0 Å². The molecular formula is C11H13N3. The van der Waals surface area contributed by atoms with Crippen LogP contribution in [0.2, 0.25) is 0 Å². The fraction of sp³-hybridized carbons (Fsp3) is 0.0909. The number of aryl methyl sites for hydroxylation is 1. The van der Waals surface area contributed by atoms with Crippen LogP contribution < -0.4 is 11.1 Å². The normalized spacial score (nSPS) is 10.1. The quantitative estimate of drug-likeness (QED) is 0.633. The molecule has 0 saturated carbocycles. The minimum absolute atomic E-state index is 0.761. The Balaban J connectivity index is 2.28. The fourth-order valence-corrected chi connectivity index (χ4v) is 1.34. The Kier molecular flexibility index (Phi) is 2.14. The van der Waals surface area contributed by atoms with Gasteiger partial charge >= 0.3 is 0 Å². The zero-order valence-corrected chi connectivity index (χ0v) is 8.04. The summed E-state index contributed by atoms with van der Waals surface area (Å²) in [5.41, 5.74) is 9.75. The number of anilines is 3. The summed E-state index contributed by atoms with van der Waals surface area (Å²) < 4.78 is 0. The van der Waals surface area contributed by atoms with E-state index in [9.17, 15) is 0 Å². The number of benzene rings is 1. The van der Waals surface area contributed by atoms with Gasteiger partial charge in [0.2, 0.25) is 0 Å². The third-order valence-electron chi connectivity index (χ3n) is 2.09. The van der Waals surface area contributed by atoms with Crippen molar-refractivity contribution in [3.63, 3.8) is 0 Å². The summed E-state index contributed by atoms with van der Waals surface area (Å²) in [6.45, 7) is 2.04. The van der Waals surface area contributed by atoms with E-state index in [1.54, 1.807) is 0 Å². The van der Waals surface area contributed by atoms with Crippen molar-refractivity contribution in [3.05, 3.63) is 42.2 Å². The summed E-state index contributed by atoms with van der Waals surface area (Å²) in [5.74, 6) is 0. The fourth-order valence-electron chi connectivity index (χ4n) is 1.34. The van der Waals surface area contributed by atoms with Crippen LogP contribution in [-0.4, -0.2) is 4.98 Å². The molecule has 4 N–H and O–H groups in total. The van der Waals surface area contributed by atoms with Crippen molar-refractivity contribution in [2.45, 2.75) is 6.92 Å². The third kappa shape index (κ3) is 1.71. The van der Waals surface area contributed by atoms with Gasteiger partial charge < -0.3 is 16.0 Å². The van der Waals surface area contributed by atoms with Gasteiger partial charge in [-0.25, -0.2) is 0 Å². The van der Waals surface area contributed by atoms with Crippen molar-refractivity contribution < 1.29 is 0 Å². The number of nitrogens with one attached hydrogen (secondary N) is 2. The molecule has 1 heterocycles. The van der Waals surface area contributed by atoms with E-state index in [1.807, 2.05) is 43.6 Å². The first-order valence-corrected chi connectivity index (χ1v) is 4.51. The SMILES string of the molecule is Cc1ccc(N)c(Nc2cc[nH]c2)c1. The summed E-state index contributed by atoms with van der Waals surface area (Å²) in [6.07, 6.45) is 3.76. The molecule has 0 atom stereocenters. The van der Waals surface area contributed by atoms with Crippen LogP contribution >= 0.6 is 0 Å². The number of nitrogens with two attached hydrogens (primary N) is 1. The average molecular weight is 187 g/mol. The van der Waals surface area contributed by atoms with E-state index in [0.29, 0.717) is 0 Å². The minimum Gasteiger partial charge on any atom is -0.397 e. The van der Waals surface area contributed by atoms with Crippen LogP contribution in [0.15, 0.2) is 36.7 Å². The molecule has 2 rings (SSSR count). The number of H-pyrrole nitrogens is 1. The highest BCUT2D eigenvalue weighted by atomic mass is 14.9. The predicted octanol–water partition coefficient (Wildman–Crippen LogP) is 2.65. The van der Waals surface area contributed by atoms with E-state index in [2.05, 4.69) is 10.3 Å². The van der Waals surface area contributed by atoms with E-state index in [0.717, 1.165) is 17.1 Å². The average Bonchev–Trinajstić information content (AvgIpc) is 2.64. The van der Waals surface area contributed by atoms with E-state index in [-0.39, 0.29) is 0 Å². The van der Waals surface area contributed by atoms with Gasteiger partial charge in [-0.15, -0.1) is 0 Å². The molecule has 1 aromatic heterocycles. The van der Waals surface area contributed by atoms with Gasteiger partial charge in [0.25, 0.3) is 0 Å². The Morgan fingerprint density at radius 1 is 1.29 bits per heavy atom. The Bertz CT molecular complexity index is 418. The zero-order valence-electron chi connectivity index (χ0n) is 8.04. The van der Waals surface area contributed by atoms with Gasteiger partial charge in [-0.3, -0.25) is 0 Å². The van der Waals surface area contributed by atoms with Crippen molar-refractivity contribution in [2.24, 2.45) is 0 Å². The first-order chi connectivity index (χ1) is 6.75. The minimum atomic E-state index is 0.761. The molecule has 0 aliphatic rings. The second kappa shape index (κ2) is 3.46. The second-order valence-corrected chi connectivity index (χ2v) is 3.32. The van der Waals surface area contributed by atoms with E-state index >= 15 is 0 Å². The molecule has 3 nitrogen and oxygen atoms in total. The Hall–Kier alpha value is -1.90. The number of hydrogen-bond donors (Lipinski definition) is 3. The summed E-state index contributed by atoms with van der Waals surface area (Å²) in [5, 5.41) is 3.24. The van der Waals surface area contributed by atoms with E-state index < -0.39 is 0 Å². The van der Waals surface area contributed by atoms with Gasteiger partial charge in [-0.05, 0) is 30.7 Å². The maximum atomic E-state index is 5.83. The van der Waals surface area contributed by atoms with Crippen LogP contribution in [0.25, 0.3) is 0 Å². The van der Waals surface area contributed by atoms with Crippen molar-refractivity contribution in [3.8, 4) is 0 Å². The van der Waals surface area contributed by atoms with E-state index in [4.69, 9.17) is 5.73 Å². The summed E-state index contributed by atoms with van der Waals surface area (Å²) in [4.78, 5) is 2.98. The molecular weight excluding hydrogens is 174 g/mol. The largest absolute Gasteiger partial charge is 0.397 e. The van der Waals surface area contributed by atoms with Crippen molar-refractivity contribution in [1.29, 1.82) is 0 Å². The van der Waals surface area contributed by atoms with Crippen LogP contribution in [-0.2, 0) is 0 Å². The molecule has 0 bridgehead atoms. The predicted molar refractivity (Wildman–Crippen MR) is 59.7 cm³/mol. The highest BCUT2D eigenvalue weighted by Gasteiger charge is 1.99. The molecule has 0 unspecified atom stereocenters. The second-order valence-electron chi connectivity index (χ2n) is 3.32. The van der Waals surface area contributed by atoms with Crippen LogP contribution in [0.4, 0.5) is 17.1 Å². The molecule has 1 aromatic carbocycles. The highest BCUT2D eigenvalue weighted by Crippen LogP contribution is 2.23. The van der Waals surface area contributed by atoms with E-state index in [1.165, 1.54) is 5.56 Å². The van der Waals surface area contributed by atoms with Gasteiger partial charge in [0.15, 0.2) is 0 Å². The lowest BCUT2D eigenvalue weighted by Gasteiger charge is -2.08. The van der Waals surface area contributed by atoms with Crippen molar-refractivity contribution >= 4 is 17.1 Å². The molecule has 0 aliphatic carbocycles. The van der Waals surface area contributed by atoms with Crippen LogP contribution in [0.1, 0.15) is 5.56 Å². The Morgan fingerprint density at radius 2 is 2.14 bits per heavy atom. The smallest absolute Gasteiger partial charge is 0.0620 e. The number of aromatic nitrogens is 1. The van der Waals surface area contributed by atoms with Gasteiger partial charge in [0, 0.05) is 12.4 Å². The Labute approximate surface area is 83.0 Å². The molecule has 3 heteroatoms. The number of aromatic amines is 1. The van der Waals surface area contributed by atoms with Gasteiger partial charge in [-0.1, -0.05) is 6.07 Å². The summed E-state index contributed by atoms with van der Waals surface area (Å²) >= 11 is 0. The molecule has 0 radical (unpaired) electrons. The molecule has 0 fully saturated rings. The first kappa shape index (κ1) is 8.69. The standard InChI is InChI=1S/C11H13N3/c1-8-2-3-10(12)11(6-8)14-9-4-5-13-7-9/h2-7,13-14H,12H2,1H3. The van der Waals surface area contributed by atoms with Gasteiger partial charge in [-0.2, -0.15) is 0 Å². The lowest BCUT2D eigenvalue weighted by atomic mass is 10.2. The molecule has 72 valence electrons. The molecule has 0 aliphatic heterocycles. The van der Waals surface area contributed by atoms with Crippen molar-refractivity contribution in [2.75, 3.05) is 11.1 Å².